The van der Waals surface area contributed by atoms with Crippen LogP contribution in [0.15, 0.2) is 60.7 Å². The maximum Gasteiger partial charge on any atom is 0.146 e. The van der Waals surface area contributed by atoms with Gasteiger partial charge in [0.25, 0.3) is 0 Å². The van der Waals surface area contributed by atoms with Gasteiger partial charge in [0, 0.05) is 20.2 Å². The molecule has 0 N–H and O–H groups in total. The van der Waals surface area contributed by atoms with Gasteiger partial charge in [0.2, 0.25) is 0 Å². The van der Waals surface area contributed by atoms with Crippen LogP contribution in [0.25, 0.3) is 52.5 Å². The van der Waals surface area contributed by atoms with Gasteiger partial charge < -0.3 is 0 Å². The number of rotatable bonds is 6. The molecule has 0 aliphatic rings. The summed E-state index contributed by atoms with van der Waals surface area (Å²) >= 11 is 3.74. The van der Waals surface area contributed by atoms with Crippen molar-refractivity contribution in [3.05, 3.63) is 70.4 Å². The summed E-state index contributed by atoms with van der Waals surface area (Å²) in [6, 6.07) is 23.3. The molecule has 0 aliphatic heterocycles. The van der Waals surface area contributed by atoms with Crippen LogP contribution in [0.5, 0.6) is 0 Å². The largest absolute Gasteiger partial charge is 0.146 e. The van der Waals surface area contributed by atoms with Crippen molar-refractivity contribution in [3.8, 4) is 22.9 Å². The monoisotopic (exact) mass is 700 g/mol. The Morgan fingerprint density at radius 1 is 0.396 bits per heavy atom. The first-order valence-electron chi connectivity index (χ1n) is 18.0. The summed E-state index contributed by atoms with van der Waals surface area (Å²) in [5.74, 6) is 7.44. The molecule has 0 amide bonds. The molecular weight excluding hydrogens is 649 g/mol. The third-order valence-electron chi connectivity index (χ3n) is 11.7. The Balaban J connectivity index is 1.45. The van der Waals surface area contributed by atoms with Crippen LogP contribution in [0, 0.1) is 22.9 Å². The summed E-state index contributed by atoms with van der Waals surface area (Å²) in [6.45, 7) is 28.7. The Labute approximate surface area is 299 Å². The van der Waals surface area contributed by atoms with E-state index in [1.54, 1.807) is 0 Å². The van der Waals surface area contributed by atoms with Crippen LogP contribution in [0.3, 0.4) is 0 Å². The van der Waals surface area contributed by atoms with Crippen molar-refractivity contribution in [2.24, 2.45) is 0 Å². The summed E-state index contributed by atoms with van der Waals surface area (Å²) in [6.07, 6.45) is 0. The molecule has 0 saturated carbocycles. The fourth-order valence-electron chi connectivity index (χ4n) is 9.36. The molecule has 0 aliphatic carbocycles. The number of hydrogen-bond acceptors (Lipinski definition) is 2. The van der Waals surface area contributed by atoms with Crippen LogP contribution in [0.4, 0.5) is 0 Å². The van der Waals surface area contributed by atoms with Crippen LogP contribution in [-0.4, -0.2) is 16.1 Å². The normalized spacial score (nSPS) is 13.0. The van der Waals surface area contributed by atoms with Gasteiger partial charge in [-0.05, 0) is 77.7 Å². The van der Waals surface area contributed by atoms with E-state index in [0.29, 0.717) is 33.2 Å². The predicted molar refractivity (Wildman–Crippen MR) is 226 cm³/mol. The van der Waals surface area contributed by atoms with E-state index in [0.717, 1.165) is 0 Å². The minimum absolute atomic E-state index is 0.636. The van der Waals surface area contributed by atoms with Crippen molar-refractivity contribution < 1.29 is 0 Å². The zero-order valence-electron chi connectivity index (χ0n) is 31.1. The van der Waals surface area contributed by atoms with Crippen molar-refractivity contribution in [1.29, 1.82) is 0 Å². The Morgan fingerprint density at radius 3 is 0.979 bits per heavy atom. The maximum absolute atomic E-state index is 3.95. The highest BCUT2D eigenvalue weighted by molar-refractivity contribution is 7.21. The third-order valence-corrected chi connectivity index (χ3v) is 26.5. The molecule has 2 aromatic heterocycles. The molecule has 0 atom stereocenters. The van der Waals surface area contributed by atoms with E-state index in [4.69, 9.17) is 0 Å². The second-order valence-electron chi connectivity index (χ2n) is 15.9. The fraction of sp³-hybridized carbons (Fsp3) is 0.409. The molecule has 6 rings (SSSR count). The maximum atomic E-state index is 3.95. The van der Waals surface area contributed by atoms with E-state index in [2.05, 4.69) is 167 Å². The Bertz CT molecular complexity index is 2080. The molecule has 0 spiro atoms. The highest BCUT2D eigenvalue weighted by Gasteiger charge is 2.42. The van der Waals surface area contributed by atoms with Gasteiger partial charge in [0.05, 0.1) is 9.75 Å². The lowest BCUT2D eigenvalue weighted by Gasteiger charge is -2.38. The van der Waals surface area contributed by atoms with Crippen molar-refractivity contribution in [1.82, 2.24) is 0 Å². The van der Waals surface area contributed by atoms with Crippen molar-refractivity contribution >= 4 is 91.3 Å². The standard InChI is InChI=1S/C44H52S2Si2/c1-27(2)47(28(3)4,29(5)6)23-21-35-25-33-13-15-39-37-18-20-42-40(38(37)17-19-41(39)43(33)45-35)16-14-34-26-36(46-44(34)42)22-24-48(30(7)8,31(9)10)32(11)12/h13-20,25-32H,1-12H3. The second-order valence-corrected chi connectivity index (χ2v) is 29.2. The van der Waals surface area contributed by atoms with Gasteiger partial charge in [-0.3, -0.25) is 0 Å². The molecule has 0 unspecified atom stereocenters. The highest BCUT2D eigenvalue weighted by Crippen LogP contribution is 2.44. The molecule has 0 radical (unpaired) electrons. The quantitative estimate of drug-likeness (QED) is 0.0922. The summed E-state index contributed by atoms with van der Waals surface area (Å²) in [7, 11) is -3.56. The fourth-order valence-corrected chi connectivity index (χ4v) is 22.1. The van der Waals surface area contributed by atoms with Crippen LogP contribution in [0.1, 0.15) is 92.8 Å². The molecule has 0 fully saturated rings. The molecule has 0 saturated heterocycles. The third kappa shape index (κ3) is 5.58. The average molecular weight is 701 g/mol. The lowest BCUT2D eigenvalue weighted by atomic mass is 9.96. The summed E-state index contributed by atoms with van der Waals surface area (Å²) in [5, 5.41) is 10.6. The van der Waals surface area contributed by atoms with Gasteiger partial charge in [-0.15, -0.1) is 33.8 Å². The first kappa shape index (κ1) is 35.0. The molecular formula is C44H52S2Si2. The van der Waals surface area contributed by atoms with Crippen LogP contribution in [0.2, 0.25) is 33.2 Å². The molecule has 4 heteroatoms. The molecule has 0 nitrogen and oxygen atoms in total. The van der Waals surface area contributed by atoms with E-state index in [-0.39, 0.29) is 0 Å². The van der Waals surface area contributed by atoms with E-state index in [1.807, 2.05) is 22.7 Å². The van der Waals surface area contributed by atoms with Gasteiger partial charge in [0.1, 0.15) is 16.1 Å². The van der Waals surface area contributed by atoms with Crippen LogP contribution >= 0.6 is 22.7 Å². The zero-order chi connectivity index (χ0) is 34.7. The SMILES string of the molecule is CC(C)[Si](C#Cc1cc2ccc3c4ccc5c(ccc6cc(C#C[Si](C(C)C)(C(C)C)C(C)C)sc65)c4ccc3c2s1)(C(C)C)C(C)C. The first-order valence-corrected chi connectivity index (χ1v) is 24.1. The van der Waals surface area contributed by atoms with Crippen LogP contribution in [-0.2, 0) is 0 Å². The van der Waals surface area contributed by atoms with Gasteiger partial charge in [-0.2, -0.15) is 0 Å². The van der Waals surface area contributed by atoms with E-state index in [9.17, 15) is 0 Å². The van der Waals surface area contributed by atoms with Crippen molar-refractivity contribution in [2.45, 2.75) is 116 Å². The topological polar surface area (TPSA) is 0 Å². The number of hydrogen-bond donors (Lipinski definition) is 0. The van der Waals surface area contributed by atoms with E-state index >= 15 is 0 Å². The molecule has 6 aromatic rings. The van der Waals surface area contributed by atoms with Crippen molar-refractivity contribution in [3.63, 3.8) is 0 Å². The van der Waals surface area contributed by atoms with E-state index in [1.165, 1.54) is 62.2 Å². The number of benzene rings is 4. The number of thiophene rings is 2. The Kier molecular flexibility index (Phi) is 9.55. The second kappa shape index (κ2) is 13.1. The average Bonchev–Trinajstić information content (AvgIpc) is 3.64. The van der Waals surface area contributed by atoms with Crippen LogP contribution < -0.4 is 0 Å². The Morgan fingerprint density at radius 2 is 0.667 bits per heavy atom. The minimum atomic E-state index is -1.78. The van der Waals surface area contributed by atoms with Crippen molar-refractivity contribution in [2.75, 3.05) is 0 Å². The summed E-state index contributed by atoms with van der Waals surface area (Å²) in [4.78, 5) is 2.40. The minimum Gasteiger partial charge on any atom is -0.126 e. The summed E-state index contributed by atoms with van der Waals surface area (Å²) < 4.78 is 2.70. The summed E-state index contributed by atoms with van der Waals surface area (Å²) in [5.41, 5.74) is 11.7. The van der Waals surface area contributed by atoms with Gasteiger partial charge in [0.15, 0.2) is 0 Å². The first-order chi connectivity index (χ1) is 22.7. The van der Waals surface area contributed by atoms with E-state index < -0.39 is 16.1 Å². The molecule has 48 heavy (non-hydrogen) atoms. The molecule has 2 heterocycles. The predicted octanol–water partition coefficient (Wildman–Crippen LogP) is 14.7. The number of fused-ring (bicyclic) bond motifs is 9. The molecule has 0 bridgehead atoms. The van der Waals surface area contributed by atoms with Gasteiger partial charge >= 0.3 is 0 Å². The Hall–Kier alpha value is -2.87. The molecule has 248 valence electrons. The lowest BCUT2D eigenvalue weighted by molar-refractivity contribution is 0.838. The molecule has 4 aromatic carbocycles. The zero-order valence-corrected chi connectivity index (χ0v) is 34.7. The van der Waals surface area contributed by atoms with Gasteiger partial charge in [-0.25, -0.2) is 0 Å². The highest BCUT2D eigenvalue weighted by atomic mass is 32.1. The van der Waals surface area contributed by atoms with Gasteiger partial charge in [-0.1, -0.05) is 143 Å². The lowest BCUT2D eigenvalue weighted by Crippen LogP contribution is -2.43. The smallest absolute Gasteiger partial charge is 0.126 e.